The zero-order valence-corrected chi connectivity index (χ0v) is 12.4. The van der Waals surface area contributed by atoms with E-state index in [0.717, 1.165) is 5.56 Å². The smallest absolute Gasteiger partial charge is 0.321 e. The fourth-order valence-electron chi connectivity index (χ4n) is 1.74. The van der Waals surface area contributed by atoms with Crippen molar-refractivity contribution in [2.45, 2.75) is 6.54 Å². The molecule has 0 aromatic heterocycles. The number of hydrogen-bond donors (Lipinski definition) is 1. The van der Waals surface area contributed by atoms with E-state index < -0.39 is 0 Å². The summed E-state index contributed by atoms with van der Waals surface area (Å²) in [5, 5.41) is 3.50. The Kier molecular flexibility index (Phi) is 4.88. The van der Waals surface area contributed by atoms with Gasteiger partial charge in [-0.1, -0.05) is 59.6 Å². The van der Waals surface area contributed by atoms with Crippen LogP contribution in [0.25, 0.3) is 0 Å². The van der Waals surface area contributed by atoms with Gasteiger partial charge in [-0.05, 0) is 17.7 Å². The van der Waals surface area contributed by atoms with Gasteiger partial charge in [0.1, 0.15) is 0 Å². The van der Waals surface area contributed by atoms with E-state index in [1.165, 1.54) is 0 Å². The molecule has 0 fully saturated rings. The summed E-state index contributed by atoms with van der Waals surface area (Å²) >= 11 is 11.9. The Balaban J connectivity index is 2.03. The largest absolute Gasteiger partial charge is 0.323 e. The van der Waals surface area contributed by atoms with Gasteiger partial charge >= 0.3 is 6.03 Å². The average molecular weight is 309 g/mol. The van der Waals surface area contributed by atoms with Crippen molar-refractivity contribution < 1.29 is 4.79 Å². The summed E-state index contributed by atoms with van der Waals surface area (Å²) in [5.41, 5.74) is 1.56. The van der Waals surface area contributed by atoms with Crippen molar-refractivity contribution in [3.05, 3.63) is 64.1 Å². The number of halogens is 2. The van der Waals surface area contributed by atoms with E-state index in [0.29, 0.717) is 22.3 Å². The summed E-state index contributed by atoms with van der Waals surface area (Å²) in [7, 11) is 1.72. The lowest BCUT2D eigenvalue weighted by Crippen LogP contribution is -2.30. The summed E-state index contributed by atoms with van der Waals surface area (Å²) in [5.74, 6) is 0. The molecular weight excluding hydrogens is 295 g/mol. The van der Waals surface area contributed by atoms with Crippen molar-refractivity contribution in [1.29, 1.82) is 0 Å². The van der Waals surface area contributed by atoms with E-state index >= 15 is 0 Å². The van der Waals surface area contributed by atoms with Crippen molar-refractivity contribution in [2.24, 2.45) is 0 Å². The molecule has 0 bridgehead atoms. The van der Waals surface area contributed by atoms with E-state index in [1.807, 2.05) is 30.3 Å². The third-order valence-electron chi connectivity index (χ3n) is 2.80. The highest BCUT2D eigenvalue weighted by atomic mass is 35.5. The molecule has 20 heavy (non-hydrogen) atoms. The van der Waals surface area contributed by atoms with Gasteiger partial charge in [0, 0.05) is 13.6 Å². The minimum absolute atomic E-state index is 0.238. The third kappa shape index (κ3) is 3.65. The van der Waals surface area contributed by atoms with Crippen molar-refractivity contribution in [1.82, 2.24) is 4.90 Å². The summed E-state index contributed by atoms with van der Waals surface area (Å²) in [6.45, 7) is 0.519. The normalized spacial score (nSPS) is 10.2. The van der Waals surface area contributed by atoms with Gasteiger partial charge in [0.2, 0.25) is 0 Å². The third-order valence-corrected chi connectivity index (χ3v) is 3.62. The van der Waals surface area contributed by atoms with Crippen LogP contribution in [0.4, 0.5) is 10.5 Å². The van der Waals surface area contributed by atoms with E-state index in [-0.39, 0.29) is 6.03 Å². The van der Waals surface area contributed by atoms with Crippen LogP contribution in [-0.2, 0) is 6.54 Å². The lowest BCUT2D eigenvalue weighted by atomic mass is 10.2. The van der Waals surface area contributed by atoms with Gasteiger partial charge in [-0.2, -0.15) is 0 Å². The molecule has 0 saturated heterocycles. The van der Waals surface area contributed by atoms with Crippen LogP contribution in [-0.4, -0.2) is 18.0 Å². The van der Waals surface area contributed by atoms with E-state index in [2.05, 4.69) is 5.32 Å². The molecule has 0 saturated carbocycles. The average Bonchev–Trinajstić information content (AvgIpc) is 2.45. The molecule has 0 radical (unpaired) electrons. The lowest BCUT2D eigenvalue weighted by molar-refractivity contribution is 0.220. The molecule has 0 aliphatic rings. The topological polar surface area (TPSA) is 32.3 Å². The minimum Gasteiger partial charge on any atom is -0.323 e. The fourth-order valence-corrected chi connectivity index (χ4v) is 2.09. The number of amides is 2. The predicted octanol–water partition coefficient (Wildman–Crippen LogP) is 4.66. The number of urea groups is 1. The summed E-state index contributed by atoms with van der Waals surface area (Å²) in [6, 6.07) is 14.6. The number of rotatable bonds is 3. The predicted molar refractivity (Wildman–Crippen MR) is 83.4 cm³/mol. The highest BCUT2D eigenvalue weighted by Gasteiger charge is 2.12. The first kappa shape index (κ1) is 14.7. The molecule has 0 unspecified atom stereocenters. The maximum absolute atomic E-state index is 12.1. The second kappa shape index (κ2) is 6.64. The molecule has 0 atom stereocenters. The van der Waals surface area contributed by atoms with Crippen LogP contribution < -0.4 is 5.32 Å². The van der Waals surface area contributed by atoms with Gasteiger partial charge in [0.15, 0.2) is 0 Å². The molecular formula is C15H14Cl2N2O. The van der Waals surface area contributed by atoms with Gasteiger partial charge in [-0.25, -0.2) is 4.79 Å². The summed E-state index contributed by atoms with van der Waals surface area (Å²) < 4.78 is 0. The number of anilines is 1. The number of carbonyl (C=O) groups excluding carboxylic acids is 1. The fraction of sp³-hybridized carbons (Fsp3) is 0.133. The number of carbonyl (C=O) groups is 1. The lowest BCUT2D eigenvalue weighted by Gasteiger charge is -2.18. The molecule has 2 aromatic rings. The van der Waals surface area contributed by atoms with Crippen LogP contribution in [0.2, 0.25) is 10.0 Å². The number of hydrogen-bond acceptors (Lipinski definition) is 1. The Bertz CT molecular complexity index is 602. The Morgan fingerprint density at radius 2 is 1.80 bits per heavy atom. The van der Waals surface area contributed by atoms with Gasteiger partial charge in [0.05, 0.1) is 15.7 Å². The van der Waals surface area contributed by atoms with E-state index in [1.54, 1.807) is 30.1 Å². The highest BCUT2D eigenvalue weighted by molar-refractivity contribution is 6.43. The molecule has 1 N–H and O–H groups in total. The van der Waals surface area contributed by atoms with E-state index in [9.17, 15) is 4.79 Å². The van der Waals surface area contributed by atoms with Crippen LogP contribution in [0.3, 0.4) is 0 Å². The molecule has 0 heterocycles. The second-order valence-electron chi connectivity index (χ2n) is 4.37. The summed E-state index contributed by atoms with van der Waals surface area (Å²) in [4.78, 5) is 13.7. The second-order valence-corrected chi connectivity index (χ2v) is 5.16. The monoisotopic (exact) mass is 308 g/mol. The molecule has 0 aliphatic heterocycles. The molecule has 3 nitrogen and oxygen atoms in total. The standard InChI is InChI=1S/C15H14Cl2N2O/c1-19(10-11-6-3-2-4-7-11)15(20)18-13-9-5-8-12(16)14(13)17/h2-9H,10H2,1H3,(H,18,20). The molecule has 2 amide bonds. The molecule has 5 heteroatoms. The maximum atomic E-state index is 12.1. The number of nitrogens with zero attached hydrogens (tertiary/aromatic N) is 1. The Morgan fingerprint density at radius 3 is 2.50 bits per heavy atom. The van der Waals surface area contributed by atoms with Crippen LogP contribution in [0.1, 0.15) is 5.56 Å². The van der Waals surface area contributed by atoms with E-state index in [4.69, 9.17) is 23.2 Å². The van der Waals surface area contributed by atoms with Crippen molar-refractivity contribution in [2.75, 3.05) is 12.4 Å². The van der Waals surface area contributed by atoms with Crippen LogP contribution in [0.15, 0.2) is 48.5 Å². The molecule has 2 rings (SSSR count). The molecule has 104 valence electrons. The van der Waals surface area contributed by atoms with Crippen molar-refractivity contribution >= 4 is 34.9 Å². The quantitative estimate of drug-likeness (QED) is 0.879. The van der Waals surface area contributed by atoms with Crippen molar-refractivity contribution in [3.63, 3.8) is 0 Å². The summed E-state index contributed by atoms with van der Waals surface area (Å²) in [6.07, 6.45) is 0. The number of benzene rings is 2. The first-order chi connectivity index (χ1) is 9.58. The zero-order chi connectivity index (χ0) is 14.5. The minimum atomic E-state index is -0.238. The highest BCUT2D eigenvalue weighted by Crippen LogP contribution is 2.29. The first-order valence-corrected chi connectivity index (χ1v) is 6.83. The SMILES string of the molecule is CN(Cc1ccccc1)C(=O)Nc1cccc(Cl)c1Cl. The zero-order valence-electron chi connectivity index (χ0n) is 10.9. The van der Waals surface area contributed by atoms with Crippen LogP contribution in [0.5, 0.6) is 0 Å². The van der Waals surface area contributed by atoms with Gasteiger partial charge in [-0.3, -0.25) is 0 Å². The van der Waals surface area contributed by atoms with Crippen LogP contribution in [0, 0.1) is 0 Å². The molecule has 0 spiro atoms. The van der Waals surface area contributed by atoms with Gasteiger partial charge < -0.3 is 10.2 Å². The van der Waals surface area contributed by atoms with Gasteiger partial charge in [-0.15, -0.1) is 0 Å². The van der Waals surface area contributed by atoms with Crippen molar-refractivity contribution in [3.8, 4) is 0 Å². The molecule has 0 aliphatic carbocycles. The Hall–Kier alpha value is -1.71. The molecule has 2 aromatic carbocycles. The Labute approximate surface area is 128 Å². The van der Waals surface area contributed by atoms with Gasteiger partial charge in [0.25, 0.3) is 0 Å². The number of nitrogens with one attached hydrogen (secondary N) is 1. The first-order valence-electron chi connectivity index (χ1n) is 6.08. The van der Waals surface area contributed by atoms with Crippen LogP contribution >= 0.6 is 23.2 Å². The maximum Gasteiger partial charge on any atom is 0.321 e. The Morgan fingerprint density at radius 1 is 1.10 bits per heavy atom.